The van der Waals surface area contributed by atoms with Crippen molar-refractivity contribution in [2.75, 3.05) is 0 Å². The quantitative estimate of drug-likeness (QED) is 0.647. The van der Waals surface area contributed by atoms with Crippen LogP contribution < -0.4 is 0 Å². The Hall–Kier alpha value is -2.56. The number of aromatic nitrogens is 3. The van der Waals surface area contributed by atoms with E-state index in [-0.39, 0.29) is 5.82 Å². The first-order chi connectivity index (χ1) is 8.78. The molecule has 0 saturated carbocycles. The summed E-state index contributed by atoms with van der Waals surface area (Å²) in [6.07, 6.45) is 2.13. The number of nitrogens with zero attached hydrogens (tertiary/aromatic N) is 3. The van der Waals surface area contributed by atoms with Crippen molar-refractivity contribution in [3.05, 3.63) is 54.1 Å². The zero-order chi connectivity index (χ0) is 12.5. The summed E-state index contributed by atoms with van der Waals surface area (Å²) >= 11 is 0. The van der Waals surface area contributed by atoms with Crippen LogP contribution in [0.3, 0.4) is 0 Å². The number of imidazole rings is 1. The number of hydrogen-bond donors (Lipinski definition) is 0. The number of halogens is 1. The number of benzene rings is 1. The fourth-order valence-corrected chi connectivity index (χ4v) is 1.77. The lowest BCUT2D eigenvalue weighted by molar-refractivity contribution is 0.111. The number of carbonyl (C=O) groups excluding carboxylic acids is 1. The summed E-state index contributed by atoms with van der Waals surface area (Å²) in [5.74, 6) is -0.323. The molecule has 0 aliphatic carbocycles. The Kier molecular flexibility index (Phi) is 2.37. The molecule has 0 aliphatic rings. The topological polar surface area (TPSA) is 47.3 Å². The summed E-state index contributed by atoms with van der Waals surface area (Å²) in [6, 6.07) is 9.62. The van der Waals surface area contributed by atoms with Crippen LogP contribution in [0.25, 0.3) is 16.9 Å². The van der Waals surface area contributed by atoms with Gasteiger partial charge in [0.25, 0.3) is 0 Å². The fourth-order valence-electron chi connectivity index (χ4n) is 1.77. The molecule has 0 unspecified atom stereocenters. The van der Waals surface area contributed by atoms with Gasteiger partial charge in [-0.05, 0) is 24.3 Å². The van der Waals surface area contributed by atoms with E-state index < -0.39 is 0 Å². The molecular weight excluding hydrogens is 233 g/mol. The minimum absolute atomic E-state index is 0.323. The Labute approximate surface area is 102 Å². The highest BCUT2D eigenvalue weighted by atomic mass is 19.1. The van der Waals surface area contributed by atoms with Crippen molar-refractivity contribution in [3.63, 3.8) is 0 Å². The predicted molar refractivity (Wildman–Crippen MR) is 63.8 cm³/mol. The lowest BCUT2D eigenvalue weighted by Crippen LogP contribution is -1.98. The second kappa shape index (κ2) is 4.03. The molecule has 0 amide bonds. The van der Waals surface area contributed by atoms with Gasteiger partial charge in [-0.3, -0.25) is 4.79 Å². The molecular formula is C13H8FN3O. The van der Waals surface area contributed by atoms with Crippen LogP contribution in [0.5, 0.6) is 0 Å². The van der Waals surface area contributed by atoms with E-state index in [1.165, 1.54) is 22.8 Å². The summed E-state index contributed by atoms with van der Waals surface area (Å²) in [6.45, 7) is 0. The van der Waals surface area contributed by atoms with E-state index in [9.17, 15) is 9.18 Å². The van der Waals surface area contributed by atoms with E-state index >= 15 is 0 Å². The Bertz CT molecular complexity index is 736. The summed E-state index contributed by atoms with van der Waals surface area (Å²) in [7, 11) is 0. The van der Waals surface area contributed by atoms with Gasteiger partial charge in [-0.15, -0.1) is 0 Å². The van der Waals surface area contributed by atoms with Gasteiger partial charge in [0, 0.05) is 5.56 Å². The van der Waals surface area contributed by atoms with E-state index in [1.54, 1.807) is 24.3 Å². The number of rotatable bonds is 2. The van der Waals surface area contributed by atoms with Crippen LogP contribution in [0.1, 0.15) is 10.5 Å². The molecule has 0 saturated heterocycles. The van der Waals surface area contributed by atoms with Crippen LogP contribution in [0.2, 0.25) is 0 Å². The van der Waals surface area contributed by atoms with Crippen LogP contribution in [0.15, 0.2) is 42.6 Å². The van der Waals surface area contributed by atoms with E-state index in [0.717, 1.165) is 0 Å². The highest BCUT2D eigenvalue weighted by molar-refractivity contribution is 5.74. The maximum absolute atomic E-state index is 13.1. The maximum Gasteiger partial charge on any atom is 0.170 e. The van der Waals surface area contributed by atoms with E-state index in [2.05, 4.69) is 10.1 Å². The van der Waals surface area contributed by atoms with Crippen LogP contribution in [0.4, 0.5) is 4.39 Å². The van der Waals surface area contributed by atoms with E-state index in [0.29, 0.717) is 28.9 Å². The maximum atomic E-state index is 13.1. The van der Waals surface area contributed by atoms with Crippen LogP contribution in [-0.2, 0) is 0 Å². The molecule has 0 N–H and O–H groups in total. The van der Waals surface area contributed by atoms with Crippen molar-refractivity contribution in [2.45, 2.75) is 0 Å². The summed E-state index contributed by atoms with van der Waals surface area (Å²) in [5.41, 5.74) is 2.19. The number of carbonyl (C=O) groups is 1. The van der Waals surface area contributed by atoms with Gasteiger partial charge >= 0.3 is 0 Å². The second-order valence-electron chi connectivity index (χ2n) is 3.80. The Morgan fingerprint density at radius 1 is 1.22 bits per heavy atom. The minimum Gasteiger partial charge on any atom is -0.296 e. The van der Waals surface area contributed by atoms with Gasteiger partial charge < -0.3 is 0 Å². The first-order valence-electron chi connectivity index (χ1n) is 5.34. The molecule has 3 aromatic rings. The number of hydrogen-bond acceptors (Lipinski definition) is 3. The largest absolute Gasteiger partial charge is 0.296 e. The molecule has 4 nitrogen and oxygen atoms in total. The Morgan fingerprint density at radius 3 is 2.89 bits per heavy atom. The van der Waals surface area contributed by atoms with Gasteiger partial charge in [0.15, 0.2) is 11.9 Å². The lowest BCUT2D eigenvalue weighted by atomic mass is 10.1. The van der Waals surface area contributed by atoms with Gasteiger partial charge in [-0.1, -0.05) is 12.1 Å². The van der Waals surface area contributed by atoms with Gasteiger partial charge in [0.1, 0.15) is 11.5 Å². The van der Waals surface area contributed by atoms with Gasteiger partial charge in [0.2, 0.25) is 0 Å². The average molecular weight is 241 g/mol. The first kappa shape index (κ1) is 10.6. The lowest BCUT2D eigenvalue weighted by Gasteiger charge is -2.02. The monoisotopic (exact) mass is 241 g/mol. The molecule has 3 rings (SSSR count). The van der Waals surface area contributed by atoms with Crippen molar-refractivity contribution < 1.29 is 9.18 Å². The minimum atomic E-state index is -0.323. The van der Waals surface area contributed by atoms with Crippen molar-refractivity contribution in [1.29, 1.82) is 0 Å². The van der Waals surface area contributed by atoms with Crippen LogP contribution in [0, 0.1) is 5.82 Å². The number of fused-ring (bicyclic) bond motifs is 1. The van der Waals surface area contributed by atoms with Gasteiger partial charge in [-0.2, -0.15) is 5.10 Å². The molecule has 88 valence electrons. The Morgan fingerprint density at radius 2 is 2.11 bits per heavy atom. The average Bonchev–Trinajstić information content (AvgIpc) is 2.80. The van der Waals surface area contributed by atoms with Crippen molar-refractivity contribution in [1.82, 2.24) is 14.6 Å². The summed E-state index contributed by atoms with van der Waals surface area (Å²) in [4.78, 5) is 14.9. The smallest absolute Gasteiger partial charge is 0.170 e. The fraction of sp³-hybridized carbons (Fsp3) is 0. The normalized spacial score (nSPS) is 10.7. The zero-order valence-corrected chi connectivity index (χ0v) is 9.25. The molecule has 0 aliphatic heterocycles. The molecule has 5 heteroatoms. The third kappa shape index (κ3) is 1.66. The molecule has 0 spiro atoms. The van der Waals surface area contributed by atoms with Gasteiger partial charge in [-0.25, -0.2) is 13.9 Å². The molecule has 2 aromatic heterocycles. The third-order valence-corrected chi connectivity index (χ3v) is 2.63. The van der Waals surface area contributed by atoms with E-state index in [1.807, 2.05) is 0 Å². The Balaban J connectivity index is 2.21. The molecule has 0 radical (unpaired) electrons. The summed E-state index contributed by atoms with van der Waals surface area (Å²) in [5, 5.41) is 4.27. The molecule has 2 heterocycles. The molecule has 0 atom stereocenters. The summed E-state index contributed by atoms with van der Waals surface area (Å²) < 4.78 is 14.6. The standard InChI is InChI=1S/C13H8FN3O/c14-10-3-1-2-9(6-10)12-4-5-13-15-7-11(8-18)17(13)16-12/h1-8H. The van der Waals surface area contributed by atoms with Crippen LogP contribution in [-0.4, -0.2) is 20.9 Å². The molecule has 0 bridgehead atoms. The van der Waals surface area contributed by atoms with E-state index in [4.69, 9.17) is 0 Å². The second-order valence-corrected chi connectivity index (χ2v) is 3.80. The number of aldehydes is 1. The first-order valence-corrected chi connectivity index (χ1v) is 5.34. The molecule has 1 aromatic carbocycles. The third-order valence-electron chi connectivity index (χ3n) is 2.63. The molecule has 18 heavy (non-hydrogen) atoms. The SMILES string of the molecule is O=Cc1cnc2ccc(-c3cccc(F)c3)nn12. The van der Waals surface area contributed by atoms with Crippen molar-refractivity contribution >= 4 is 11.9 Å². The highest BCUT2D eigenvalue weighted by Crippen LogP contribution is 2.18. The van der Waals surface area contributed by atoms with Crippen molar-refractivity contribution in [3.8, 4) is 11.3 Å². The zero-order valence-electron chi connectivity index (χ0n) is 9.25. The van der Waals surface area contributed by atoms with Crippen molar-refractivity contribution in [2.24, 2.45) is 0 Å². The van der Waals surface area contributed by atoms with Crippen LogP contribution >= 0.6 is 0 Å². The molecule has 0 fully saturated rings. The predicted octanol–water partition coefficient (Wildman–Crippen LogP) is 2.35. The highest BCUT2D eigenvalue weighted by Gasteiger charge is 2.06. The van der Waals surface area contributed by atoms with Gasteiger partial charge in [0.05, 0.1) is 11.9 Å².